The molecule has 1 atom stereocenters. The first kappa shape index (κ1) is 13.2. The maximum Gasteiger partial charge on any atom is 0.177 e. The molecule has 110 valence electrons. The molecule has 0 radical (unpaired) electrons. The average Bonchev–Trinajstić information content (AvgIpc) is 2.95. The number of rotatable bonds is 3. The highest BCUT2D eigenvalue weighted by Gasteiger charge is 2.13. The molecule has 0 amide bonds. The summed E-state index contributed by atoms with van der Waals surface area (Å²) >= 11 is 0. The minimum Gasteiger partial charge on any atom is -0.454 e. The second-order valence-electron chi connectivity index (χ2n) is 5.53. The van der Waals surface area contributed by atoms with Gasteiger partial charge in [-0.15, -0.1) is 0 Å². The second-order valence-corrected chi connectivity index (χ2v) is 5.53. The Kier molecular flexibility index (Phi) is 3.20. The lowest BCUT2D eigenvalue weighted by Crippen LogP contribution is -2.13. The number of allylic oxidation sites excluding steroid dienone is 2. The van der Waals surface area contributed by atoms with Crippen LogP contribution in [-0.2, 0) is 0 Å². The molecule has 2 aromatic carbocycles. The summed E-state index contributed by atoms with van der Waals surface area (Å²) in [6.45, 7) is 0.666. The van der Waals surface area contributed by atoms with Crippen molar-refractivity contribution in [1.82, 2.24) is 0 Å². The number of hydrogen-bond acceptors (Lipinski definition) is 3. The molecule has 3 aromatic rings. The van der Waals surface area contributed by atoms with E-state index in [9.17, 15) is 0 Å². The lowest BCUT2D eigenvalue weighted by atomic mass is 10.0. The predicted molar refractivity (Wildman–Crippen MR) is 88.7 cm³/mol. The molecule has 22 heavy (non-hydrogen) atoms. The fraction of sp³-hybridized carbons (Fsp3) is 0.158. The van der Waals surface area contributed by atoms with Gasteiger partial charge < -0.3 is 14.9 Å². The molecule has 1 heterocycles. The first-order valence-corrected chi connectivity index (χ1v) is 7.51. The maximum absolute atomic E-state index is 6.03. The van der Waals surface area contributed by atoms with Crippen molar-refractivity contribution in [3.05, 3.63) is 66.5 Å². The molecule has 3 heteroatoms. The Morgan fingerprint density at radius 2 is 1.95 bits per heavy atom. The van der Waals surface area contributed by atoms with Crippen molar-refractivity contribution in [3.63, 3.8) is 0 Å². The molecule has 2 N–H and O–H groups in total. The van der Waals surface area contributed by atoms with Gasteiger partial charge in [-0.2, -0.15) is 0 Å². The molecule has 0 bridgehead atoms. The van der Waals surface area contributed by atoms with Gasteiger partial charge in [0.05, 0.1) is 0 Å². The topological polar surface area (TPSA) is 48.4 Å². The standard InChI is InChI=1S/C19H17NO2/c20-12-13-8-10-14(11-9-13)21-18-7-3-5-16-15-4-1-2-6-17(15)22-19(16)18/h1-8,10-11,13H,9,12,20H2. The van der Waals surface area contributed by atoms with Gasteiger partial charge in [-0.05, 0) is 43.2 Å². The molecule has 1 aliphatic carbocycles. The van der Waals surface area contributed by atoms with E-state index in [0.717, 1.165) is 39.9 Å². The van der Waals surface area contributed by atoms with Gasteiger partial charge >= 0.3 is 0 Å². The van der Waals surface area contributed by atoms with Gasteiger partial charge in [-0.25, -0.2) is 0 Å². The van der Waals surface area contributed by atoms with Crippen molar-refractivity contribution < 1.29 is 9.15 Å². The Bertz CT molecular complexity index is 889. The molecular formula is C19H17NO2. The summed E-state index contributed by atoms with van der Waals surface area (Å²) in [5.74, 6) is 2.00. The number of benzene rings is 2. The van der Waals surface area contributed by atoms with Crippen LogP contribution in [0.2, 0.25) is 0 Å². The largest absolute Gasteiger partial charge is 0.454 e. The van der Waals surface area contributed by atoms with Crippen molar-refractivity contribution in [2.24, 2.45) is 11.7 Å². The third-order valence-corrected chi connectivity index (χ3v) is 4.05. The van der Waals surface area contributed by atoms with Gasteiger partial charge in [0.1, 0.15) is 11.3 Å². The monoisotopic (exact) mass is 291 g/mol. The Balaban J connectivity index is 1.73. The zero-order valence-electron chi connectivity index (χ0n) is 12.2. The van der Waals surface area contributed by atoms with Crippen LogP contribution >= 0.6 is 0 Å². The smallest absolute Gasteiger partial charge is 0.177 e. The zero-order valence-corrected chi connectivity index (χ0v) is 12.2. The van der Waals surface area contributed by atoms with Crippen LogP contribution < -0.4 is 10.5 Å². The molecule has 3 nitrogen and oxygen atoms in total. The maximum atomic E-state index is 6.03. The third kappa shape index (κ3) is 2.20. The van der Waals surface area contributed by atoms with Gasteiger partial charge in [-0.1, -0.05) is 36.4 Å². The first-order chi connectivity index (χ1) is 10.8. The molecule has 1 unspecified atom stereocenters. The minimum absolute atomic E-state index is 0.411. The molecule has 0 spiro atoms. The second kappa shape index (κ2) is 5.35. The summed E-state index contributed by atoms with van der Waals surface area (Å²) < 4.78 is 12.0. The summed E-state index contributed by atoms with van der Waals surface area (Å²) in [5, 5.41) is 2.19. The van der Waals surface area contributed by atoms with E-state index in [0.29, 0.717) is 12.5 Å². The molecule has 0 aliphatic heterocycles. The van der Waals surface area contributed by atoms with E-state index in [2.05, 4.69) is 24.3 Å². The van der Waals surface area contributed by atoms with Crippen LogP contribution in [0.1, 0.15) is 6.42 Å². The van der Waals surface area contributed by atoms with Gasteiger partial charge in [0, 0.05) is 10.8 Å². The van der Waals surface area contributed by atoms with Crippen molar-refractivity contribution in [2.45, 2.75) is 6.42 Å². The Hall–Kier alpha value is -2.52. The van der Waals surface area contributed by atoms with Crippen molar-refractivity contribution in [3.8, 4) is 5.75 Å². The fourth-order valence-electron chi connectivity index (χ4n) is 2.82. The first-order valence-electron chi connectivity index (χ1n) is 7.51. The molecule has 1 aliphatic rings. The Labute approximate surface area is 128 Å². The highest BCUT2D eigenvalue weighted by atomic mass is 16.5. The van der Waals surface area contributed by atoms with Crippen LogP contribution in [0.4, 0.5) is 0 Å². The van der Waals surface area contributed by atoms with E-state index in [1.54, 1.807) is 0 Å². The number of ether oxygens (including phenoxy) is 1. The van der Waals surface area contributed by atoms with Crippen LogP contribution in [0.3, 0.4) is 0 Å². The van der Waals surface area contributed by atoms with Crippen LogP contribution in [0, 0.1) is 5.92 Å². The Morgan fingerprint density at radius 1 is 1.09 bits per heavy atom. The predicted octanol–water partition coefficient (Wildman–Crippen LogP) is 4.38. The highest BCUT2D eigenvalue weighted by molar-refractivity contribution is 6.06. The quantitative estimate of drug-likeness (QED) is 0.779. The SMILES string of the molecule is NCC1C=CC(Oc2cccc3c2oc2ccccc23)=CC1. The fourth-order valence-corrected chi connectivity index (χ4v) is 2.82. The molecule has 1 aromatic heterocycles. The number of fused-ring (bicyclic) bond motifs is 3. The third-order valence-electron chi connectivity index (χ3n) is 4.05. The van der Waals surface area contributed by atoms with E-state index >= 15 is 0 Å². The van der Waals surface area contributed by atoms with Gasteiger partial charge in [0.25, 0.3) is 0 Å². The van der Waals surface area contributed by atoms with Crippen LogP contribution in [0.15, 0.2) is 70.9 Å². The molecule has 0 saturated carbocycles. The number of furan rings is 1. The summed E-state index contributed by atoms with van der Waals surface area (Å²) in [4.78, 5) is 0. The molecule has 0 fully saturated rings. The number of hydrogen-bond donors (Lipinski definition) is 1. The lowest BCUT2D eigenvalue weighted by molar-refractivity contribution is 0.430. The number of para-hydroxylation sites is 2. The normalized spacial score (nSPS) is 17.9. The summed E-state index contributed by atoms with van der Waals surface area (Å²) in [6.07, 6.45) is 7.09. The van der Waals surface area contributed by atoms with Crippen LogP contribution in [-0.4, -0.2) is 6.54 Å². The van der Waals surface area contributed by atoms with Crippen LogP contribution in [0.5, 0.6) is 5.75 Å². The van der Waals surface area contributed by atoms with Crippen molar-refractivity contribution in [2.75, 3.05) is 6.54 Å². The van der Waals surface area contributed by atoms with E-state index in [1.807, 2.05) is 36.4 Å². The molecular weight excluding hydrogens is 274 g/mol. The van der Waals surface area contributed by atoms with Crippen molar-refractivity contribution >= 4 is 21.9 Å². The summed E-state index contributed by atoms with van der Waals surface area (Å²) in [6, 6.07) is 14.0. The lowest BCUT2D eigenvalue weighted by Gasteiger charge is -2.14. The molecule has 4 rings (SSSR count). The van der Waals surface area contributed by atoms with E-state index < -0.39 is 0 Å². The number of nitrogens with two attached hydrogens (primary N) is 1. The van der Waals surface area contributed by atoms with Gasteiger partial charge in [0.2, 0.25) is 0 Å². The van der Waals surface area contributed by atoms with Gasteiger partial charge in [-0.3, -0.25) is 0 Å². The highest BCUT2D eigenvalue weighted by Crippen LogP contribution is 2.35. The Morgan fingerprint density at radius 3 is 2.77 bits per heavy atom. The molecule has 0 saturated heterocycles. The van der Waals surface area contributed by atoms with E-state index in [4.69, 9.17) is 14.9 Å². The summed E-state index contributed by atoms with van der Waals surface area (Å²) in [7, 11) is 0. The van der Waals surface area contributed by atoms with E-state index in [-0.39, 0.29) is 0 Å². The minimum atomic E-state index is 0.411. The summed E-state index contributed by atoms with van der Waals surface area (Å²) in [5.41, 5.74) is 7.35. The van der Waals surface area contributed by atoms with Crippen molar-refractivity contribution in [1.29, 1.82) is 0 Å². The zero-order chi connectivity index (χ0) is 14.9. The van der Waals surface area contributed by atoms with Gasteiger partial charge in [0.15, 0.2) is 11.3 Å². The average molecular weight is 291 g/mol. The van der Waals surface area contributed by atoms with E-state index in [1.165, 1.54) is 0 Å². The van der Waals surface area contributed by atoms with Crippen LogP contribution in [0.25, 0.3) is 21.9 Å².